The zero-order chi connectivity index (χ0) is 16.2. The van der Waals surface area contributed by atoms with Gasteiger partial charge in [-0.1, -0.05) is 17.7 Å². The molecule has 1 aromatic carbocycles. The molecule has 2 heterocycles. The number of benzene rings is 1. The summed E-state index contributed by atoms with van der Waals surface area (Å²) >= 11 is 0. The lowest BCUT2D eigenvalue weighted by Gasteiger charge is -2.32. The van der Waals surface area contributed by atoms with E-state index in [9.17, 15) is 4.79 Å². The Labute approximate surface area is 136 Å². The van der Waals surface area contributed by atoms with E-state index in [0.29, 0.717) is 11.5 Å². The van der Waals surface area contributed by atoms with Crippen molar-refractivity contribution in [1.82, 2.24) is 14.9 Å². The van der Waals surface area contributed by atoms with Crippen LogP contribution in [0.5, 0.6) is 0 Å². The van der Waals surface area contributed by atoms with Crippen LogP contribution in [0.1, 0.15) is 15.9 Å². The average Bonchev–Trinajstić information content (AvgIpc) is 2.58. The van der Waals surface area contributed by atoms with Crippen LogP contribution < -0.4 is 10.2 Å². The summed E-state index contributed by atoms with van der Waals surface area (Å²) in [4.78, 5) is 25.3. The van der Waals surface area contributed by atoms with Crippen molar-refractivity contribution in [2.45, 2.75) is 6.92 Å². The van der Waals surface area contributed by atoms with Gasteiger partial charge in [0, 0.05) is 44.3 Å². The Hall–Kier alpha value is -2.47. The third kappa shape index (κ3) is 3.84. The highest BCUT2D eigenvalue weighted by molar-refractivity contribution is 6.03. The van der Waals surface area contributed by atoms with Gasteiger partial charge in [0.2, 0.25) is 5.95 Å². The smallest absolute Gasteiger partial charge is 0.258 e. The summed E-state index contributed by atoms with van der Waals surface area (Å²) in [6, 6.07) is 7.69. The number of piperazine rings is 1. The maximum Gasteiger partial charge on any atom is 0.258 e. The molecule has 0 unspecified atom stereocenters. The van der Waals surface area contributed by atoms with E-state index in [4.69, 9.17) is 0 Å². The van der Waals surface area contributed by atoms with Crippen LogP contribution in [0.25, 0.3) is 0 Å². The quantitative estimate of drug-likeness (QED) is 0.936. The van der Waals surface area contributed by atoms with Crippen molar-refractivity contribution in [2.75, 3.05) is 43.4 Å². The lowest BCUT2D eigenvalue weighted by atomic mass is 10.2. The van der Waals surface area contributed by atoms with Gasteiger partial charge in [-0.3, -0.25) is 4.79 Å². The Balaban J connectivity index is 1.64. The van der Waals surface area contributed by atoms with Crippen LogP contribution >= 0.6 is 0 Å². The first-order valence-electron chi connectivity index (χ1n) is 7.75. The number of anilines is 2. The van der Waals surface area contributed by atoms with E-state index in [2.05, 4.69) is 32.1 Å². The number of likely N-dealkylation sites (N-methyl/N-ethyl adjacent to an activating group) is 1. The molecule has 6 heteroatoms. The highest BCUT2D eigenvalue weighted by Gasteiger charge is 2.17. The van der Waals surface area contributed by atoms with Gasteiger partial charge in [0.05, 0.1) is 5.56 Å². The van der Waals surface area contributed by atoms with Gasteiger partial charge < -0.3 is 15.1 Å². The first-order valence-corrected chi connectivity index (χ1v) is 7.75. The van der Waals surface area contributed by atoms with Crippen LogP contribution in [0.3, 0.4) is 0 Å². The fourth-order valence-corrected chi connectivity index (χ4v) is 2.45. The van der Waals surface area contributed by atoms with Crippen molar-refractivity contribution < 1.29 is 4.79 Å². The van der Waals surface area contributed by atoms with E-state index >= 15 is 0 Å². The molecule has 0 bridgehead atoms. The largest absolute Gasteiger partial charge is 0.338 e. The predicted molar refractivity (Wildman–Crippen MR) is 90.9 cm³/mol. The van der Waals surface area contributed by atoms with Crippen molar-refractivity contribution >= 4 is 17.5 Å². The molecule has 1 aliphatic rings. The lowest BCUT2D eigenvalue weighted by molar-refractivity contribution is 0.102. The van der Waals surface area contributed by atoms with Gasteiger partial charge >= 0.3 is 0 Å². The van der Waals surface area contributed by atoms with Crippen molar-refractivity contribution in [2.24, 2.45) is 0 Å². The molecule has 1 saturated heterocycles. The second-order valence-corrected chi connectivity index (χ2v) is 5.88. The molecule has 1 amide bonds. The second kappa shape index (κ2) is 6.75. The van der Waals surface area contributed by atoms with Crippen LogP contribution in [-0.2, 0) is 0 Å². The molecule has 1 fully saturated rings. The minimum absolute atomic E-state index is 0.196. The maximum absolute atomic E-state index is 12.2. The van der Waals surface area contributed by atoms with Gasteiger partial charge in [-0.15, -0.1) is 0 Å². The van der Waals surface area contributed by atoms with Crippen LogP contribution in [-0.4, -0.2) is 54.0 Å². The molecule has 0 atom stereocenters. The molecule has 1 aliphatic heterocycles. The van der Waals surface area contributed by atoms with Gasteiger partial charge in [-0.2, -0.15) is 0 Å². The molecule has 6 nitrogen and oxygen atoms in total. The number of aryl methyl sites for hydroxylation is 1. The number of nitrogens with zero attached hydrogens (tertiary/aromatic N) is 4. The maximum atomic E-state index is 12.2. The summed E-state index contributed by atoms with van der Waals surface area (Å²) in [5, 5.41) is 2.85. The van der Waals surface area contributed by atoms with E-state index in [1.54, 1.807) is 12.4 Å². The summed E-state index contributed by atoms with van der Waals surface area (Å²) in [7, 11) is 2.11. The number of amides is 1. The average molecular weight is 311 g/mol. The molecule has 1 N–H and O–H groups in total. The normalized spacial score (nSPS) is 15.5. The number of carbonyl (C=O) groups is 1. The van der Waals surface area contributed by atoms with Crippen molar-refractivity contribution in [3.8, 4) is 0 Å². The van der Waals surface area contributed by atoms with Crippen LogP contribution in [0.4, 0.5) is 11.6 Å². The lowest BCUT2D eigenvalue weighted by Crippen LogP contribution is -2.45. The summed E-state index contributed by atoms with van der Waals surface area (Å²) in [5.74, 6) is 0.490. The van der Waals surface area contributed by atoms with Gasteiger partial charge in [-0.25, -0.2) is 9.97 Å². The topological polar surface area (TPSA) is 61.4 Å². The second-order valence-electron chi connectivity index (χ2n) is 5.88. The fraction of sp³-hybridized carbons (Fsp3) is 0.353. The number of rotatable bonds is 3. The highest BCUT2D eigenvalue weighted by atomic mass is 16.1. The van der Waals surface area contributed by atoms with Gasteiger partial charge in [0.1, 0.15) is 0 Å². The predicted octanol–water partition coefficient (Wildman–Crippen LogP) is 1.79. The number of carbonyl (C=O) groups excluding carboxylic acids is 1. The Morgan fingerprint density at radius 3 is 2.26 bits per heavy atom. The Morgan fingerprint density at radius 2 is 1.65 bits per heavy atom. The Kier molecular flexibility index (Phi) is 4.52. The first-order chi connectivity index (χ1) is 11.1. The monoisotopic (exact) mass is 311 g/mol. The SMILES string of the molecule is Cc1ccc(NC(=O)c2cnc(N3CCN(C)CC3)nc2)cc1. The van der Waals surface area contributed by atoms with E-state index < -0.39 is 0 Å². The molecule has 0 radical (unpaired) electrons. The molecular weight excluding hydrogens is 290 g/mol. The van der Waals surface area contributed by atoms with Crippen LogP contribution in [0.2, 0.25) is 0 Å². The van der Waals surface area contributed by atoms with E-state index in [1.807, 2.05) is 31.2 Å². The molecule has 0 spiro atoms. The van der Waals surface area contributed by atoms with Crippen LogP contribution in [0, 0.1) is 6.92 Å². The number of hydrogen-bond acceptors (Lipinski definition) is 5. The Morgan fingerprint density at radius 1 is 1.04 bits per heavy atom. The number of hydrogen-bond donors (Lipinski definition) is 1. The molecule has 23 heavy (non-hydrogen) atoms. The molecule has 0 saturated carbocycles. The van der Waals surface area contributed by atoms with E-state index in [1.165, 1.54) is 0 Å². The minimum Gasteiger partial charge on any atom is -0.338 e. The number of aromatic nitrogens is 2. The Bertz CT molecular complexity index is 660. The summed E-state index contributed by atoms with van der Waals surface area (Å²) < 4.78 is 0. The highest BCUT2D eigenvalue weighted by Crippen LogP contribution is 2.13. The van der Waals surface area contributed by atoms with Gasteiger partial charge in [0.15, 0.2) is 0 Å². The molecule has 1 aromatic heterocycles. The molecular formula is C17H21N5O. The fourth-order valence-electron chi connectivity index (χ4n) is 2.45. The zero-order valence-corrected chi connectivity index (χ0v) is 13.5. The van der Waals surface area contributed by atoms with Crippen LogP contribution in [0.15, 0.2) is 36.7 Å². The summed E-state index contributed by atoms with van der Waals surface area (Å²) in [6.07, 6.45) is 3.17. The summed E-state index contributed by atoms with van der Waals surface area (Å²) in [5.41, 5.74) is 2.38. The first kappa shape index (κ1) is 15.4. The zero-order valence-electron chi connectivity index (χ0n) is 13.5. The molecule has 3 rings (SSSR count). The van der Waals surface area contributed by atoms with Crippen molar-refractivity contribution in [1.29, 1.82) is 0 Å². The van der Waals surface area contributed by atoms with Crippen molar-refractivity contribution in [3.63, 3.8) is 0 Å². The number of nitrogens with one attached hydrogen (secondary N) is 1. The third-order valence-electron chi connectivity index (χ3n) is 4.00. The van der Waals surface area contributed by atoms with E-state index in [-0.39, 0.29) is 5.91 Å². The standard InChI is InChI=1S/C17H21N5O/c1-13-3-5-15(6-4-13)20-16(23)14-11-18-17(19-12-14)22-9-7-21(2)8-10-22/h3-6,11-12H,7-10H2,1-2H3,(H,20,23). The minimum atomic E-state index is -0.196. The molecule has 2 aromatic rings. The van der Waals surface area contributed by atoms with Gasteiger partial charge in [-0.05, 0) is 26.1 Å². The molecule has 0 aliphatic carbocycles. The summed E-state index contributed by atoms with van der Waals surface area (Å²) in [6.45, 7) is 5.82. The van der Waals surface area contributed by atoms with Crippen molar-refractivity contribution in [3.05, 3.63) is 47.8 Å². The third-order valence-corrected chi connectivity index (χ3v) is 4.00. The van der Waals surface area contributed by atoms with E-state index in [0.717, 1.165) is 37.4 Å². The molecule has 120 valence electrons. The van der Waals surface area contributed by atoms with Gasteiger partial charge in [0.25, 0.3) is 5.91 Å².